The van der Waals surface area contributed by atoms with Gasteiger partial charge in [-0.25, -0.2) is 4.79 Å². The van der Waals surface area contributed by atoms with Crippen LogP contribution in [-0.4, -0.2) is 71.4 Å². The molecule has 0 unspecified atom stereocenters. The molecule has 0 spiro atoms. The van der Waals surface area contributed by atoms with Crippen molar-refractivity contribution in [3.05, 3.63) is 29.5 Å². The van der Waals surface area contributed by atoms with Crippen LogP contribution in [-0.2, 0) is 9.53 Å². The number of aromatic hydroxyl groups is 1. The van der Waals surface area contributed by atoms with Crippen LogP contribution in [0.3, 0.4) is 0 Å². The van der Waals surface area contributed by atoms with E-state index in [1.807, 2.05) is 0 Å². The van der Waals surface area contributed by atoms with E-state index in [0.29, 0.717) is 18.5 Å². The number of nitrogens with one attached hydrogen (secondary N) is 2. The summed E-state index contributed by atoms with van der Waals surface area (Å²) in [6.45, 7) is 1.13. The molecule has 2 amide bonds. The number of likely N-dealkylation sites (tertiary alicyclic amines) is 1. The molecular weight excluding hydrogens is 444 g/mol. The van der Waals surface area contributed by atoms with E-state index in [0.717, 1.165) is 44.5 Å². The van der Waals surface area contributed by atoms with Crippen molar-refractivity contribution in [2.75, 3.05) is 32.1 Å². The first-order valence-corrected chi connectivity index (χ1v) is 11.3. The van der Waals surface area contributed by atoms with Crippen molar-refractivity contribution < 1.29 is 33.7 Å². The maximum absolute atomic E-state index is 12.3. The number of methoxy groups -OCH3 is 1. The highest BCUT2D eigenvalue weighted by Crippen LogP contribution is 2.36. The van der Waals surface area contributed by atoms with Crippen LogP contribution in [0.5, 0.6) is 17.2 Å². The number of carbonyl (C=O) groups excluding carboxylic acids is 3. The average molecular weight is 472 g/mol. The van der Waals surface area contributed by atoms with E-state index in [1.165, 1.54) is 19.2 Å². The largest absolute Gasteiger partial charge is 0.507 e. The molecule has 1 saturated carbocycles. The van der Waals surface area contributed by atoms with Gasteiger partial charge in [-0.2, -0.15) is 5.10 Å². The third-order valence-electron chi connectivity index (χ3n) is 6.13. The topological polar surface area (TPSA) is 143 Å². The maximum Gasteiger partial charge on any atom is 0.410 e. The number of H-pyrrole nitrogens is 1. The summed E-state index contributed by atoms with van der Waals surface area (Å²) in [6, 6.07) is 4.45. The number of aromatic nitrogens is 2. The minimum Gasteiger partial charge on any atom is -0.507 e. The monoisotopic (exact) mass is 472 g/mol. The molecule has 34 heavy (non-hydrogen) atoms. The normalized spacial score (nSPS) is 19.6. The van der Waals surface area contributed by atoms with E-state index >= 15 is 0 Å². The van der Waals surface area contributed by atoms with Crippen LogP contribution in [0.15, 0.2) is 18.2 Å². The maximum atomic E-state index is 12.3. The van der Waals surface area contributed by atoms with Crippen molar-refractivity contribution in [3.8, 4) is 17.2 Å². The highest BCUT2D eigenvalue weighted by molar-refractivity contribution is 5.91. The fraction of sp³-hybridized carbons (Fsp3) is 0.478. The Labute approximate surface area is 196 Å². The number of phenols is 1. The zero-order valence-electron chi connectivity index (χ0n) is 18.9. The van der Waals surface area contributed by atoms with Crippen LogP contribution < -0.4 is 14.8 Å². The van der Waals surface area contributed by atoms with Gasteiger partial charge < -0.3 is 29.5 Å². The molecule has 0 radical (unpaired) electrons. The number of rotatable bonds is 8. The number of ether oxygens (including phenoxy) is 3. The van der Waals surface area contributed by atoms with Crippen molar-refractivity contribution in [2.45, 2.75) is 44.1 Å². The molecule has 3 N–H and O–H groups in total. The molecule has 2 atom stereocenters. The molecule has 2 aromatic rings. The Bertz CT molecular complexity index is 1050. The summed E-state index contributed by atoms with van der Waals surface area (Å²) in [5.74, 6) is 0.0243. The molecule has 2 fully saturated rings. The second kappa shape index (κ2) is 10.4. The summed E-state index contributed by atoms with van der Waals surface area (Å²) in [5, 5.41) is 19.6. The third kappa shape index (κ3) is 5.41. The van der Waals surface area contributed by atoms with E-state index in [1.54, 1.807) is 11.0 Å². The zero-order chi connectivity index (χ0) is 24.1. The minimum absolute atomic E-state index is 0.0326. The van der Waals surface area contributed by atoms with Gasteiger partial charge in [0.2, 0.25) is 0 Å². The standard InChI is InChI=1S/C23H28N4O7/c1-32-16-9-19(29)17(12-28)20(10-16)33-13-22(30)24-21-11-18(25-26-21)14-4-5-15(8-14)34-23(31)27-6-2-3-7-27/h9-12,14-15,29H,2-8,13H2,1H3,(H2,24,25,26,30)/t14-,15+/m0/s1. The van der Waals surface area contributed by atoms with Crippen LogP contribution in [0.2, 0.25) is 0 Å². The van der Waals surface area contributed by atoms with Crippen molar-refractivity contribution in [1.82, 2.24) is 15.1 Å². The summed E-state index contributed by atoms with van der Waals surface area (Å²) in [6.07, 6.45) is 4.47. The molecule has 182 valence electrons. The molecule has 1 aromatic heterocycles. The molecule has 0 bridgehead atoms. The van der Waals surface area contributed by atoms with Gasteiger partial charge in [0.1, 0.15) is 23.4 Å². The number of hydrogen-bond donors (Lipinski definition) is 3. The summed E-state index contributed by atoms with van der Waals surface area (Å²) in [7, 11) is 1.41. The third-order valence-corrected chi connectivity index (χ3v) is 6.13. The fourth-order valence-corrected chi connectivity index (χ4v) is 4.32. The van der Waals surface area contributed by atoms with Gasteiger partial charge in [-0.15, -0.1) is 0 Å². The van der Waals surface area contributed by atoms with E-state index < -0.39 is 12.5 Å². The predicted molar refractivity (Wildman–Crippen MR) is 120 cm³/mol. The van der Waals surface area contributed by atoms with Gasteiger partial charge in [0.25, 0.3) is 5.91 Å². The lowest BCUT2D eigenvalue weighted by atomic mass is 10.0. The number of anilines is 1. The Balaban J connectivity index is 1.28. The van der Waals surface area contributed by atoms with Crippen LogP contribution in [0.4, 0.5) is 10.6 Å². The molecule has 1 aliphatic heterocycles. The molecule has 11 heteroatoms. The van der Waals surface area contributed by atoms with Crippen molar-refractivity contribution in [1.29, 1.82) is 0 Å². The Morgan fingerprint density at radius 2 is 2.06 bits per heavy atom. The number of aromatic amines is 1. The number of aldehydes is 1. The van der Waals surface area contributed by atoms with Crippen LogP contribution in [0, 0.1) is 0 Å². The molecule has 1 saturated heterocycles. The van der Waals surface area contributed by atoms with Crippen molar-refractivity contribution >= 4 is 24.1 Å². The molecule has 2 heterocycles. The summed E-state index contributed by atoms with van der Waals surface area (Å²) in [4.78, 5) is 37.5. The minimum atomic E-state index is -0.485. The summed E-state index contributed by atoms with van der Waals surface area (Å²) in [5.41, 5.74) is 0.786. The van der Waals surface area contributed by atoms with E-state index in [-0.39, 0.29) is 40.9 Å². The number of phenolic OH excluding ortho intramolecular Hbond substituents is 1. The highest BCUT2D eigenvalue weighted by atomic mass is 16.6. The molecule has 4 rings (SSSR count). The van der Waals surface area contributed by atoms with E-state index in [4.69, 9.17) is 14.2 Å². The van der Waals surface area contributed by atoms with Gasteiger partial charge in [-0.3, -0.25) is 14.7 Å². The van der Waals surface area contributed by atoms with Gasteiger partial charge in [0.15, 0.2) is 18.7 Å². The number of nitrogens with zero attached hydrogens (tertiary/aromatic N) is 2. The number of amides is 2. The Morgan fingerprint density at radius 1 is 1.26 bits per heavy atom. The smallest absolute Gasteiger partial charge is 0.410 e. The lowest BCUT2D eigenvalue weighted by Gasteiger charge is -2.19. The second-order valence-electron chi connectivity index (χ2n) is 8.43. The number of carbonyl (C=O) groups is 3. The Kier molecular flexibility index (Phi) is 7.19. The predicted octanol–water partition coefficient (Wildman–Crippen LogP) is 2.82. The molecule has 1 aromatic carbocycles. The van der Waals surface area contributed by atoms with Gasteiger partial charge in [0, 0.05) is 42.9 Å². The van der Waals surface area contributed by atoms with Crippen LogP contribution in [0.25, 0.3) is 0 Å². The zero-order valence-corrected chi connectivity index (χ0v) is 18.9. The fourth-order valence-electron chi connectivity index (χ4n) is 4.32. The lowest BCUT2D eigenvalue weighted by molar-refractivity contribution is -0.118. The van der Waals surface area contributed by atoms with Crippen molar-refractivity contribution in [3.63, 3.8) is 0 Å². The summed E-state index contributed by atoms with van der Waals surface area (Å²) >= 11 is 0. The SMILES string of the molecule is COc1cc(O)c(C=O)c(OCC(=O)Nc2cc([C@H]3CC[C@@H](OC(=O)N4CCCC4)C3)[nH]n2)c1. The van der Waals surface area contributed by atoms with Crippen LogP contribution >= 0.6 is 0 Å². The van der Waals surface area contributed by atoms with Gasteiger partial charge in [0.05, 0.1) is 12.7 Å². The Morgan fingerprint density at radius 3 is 2.79 bits per heavy atom. The average Bonchev–Trinajstić information content (AvgIpc) is 3.59. The van der Waals surface area contributed by atoms with E-state index in [9.17, 15) is 19.5 Å². The first kappa shape index (κ1) is 23.4. The first-order chi connectivity index (χ1) is 16.5. The van der Waals surface area contributed by atoms with Gasteiger partial charge >= 0.3 is 6.09 Å². The molecule has 1 aliphatic carbocycles. The quantitative estimate of drug-likeness (QED) is 0.498. The lowest BCUT2D eigenvalue weighted by Crippen LogP contribution is -2.31. The summed E-state index contributed by atoms with van der Waals surface area (Å²) < 4.78 is 16.1. The first-order valence-electron chi connectivity index (χ1n) is 11.3. The molecular formula is C23H28N4O7. The van der Waals surface area contributed by atoms with Gasteiger partial charge in [-0.1, -0.05) is 0 Å². The van der Waals surface area contributed by atoms with Crippen LogP contribution in [0.1, 0.15) is 54.1 Å². The highest BCUT2D eigenvalue weighted by Gasteiger charge is 2.31. The second-order valence-corrected chi connectivity index (χ2v) is 8.43. The number of hydrogen-bond acceptors (Lipinski definition) is 8. The van der Waals surface area contributed by atoms with Crippen molar-refractivity contribution in [2.24, 2.45) is 0 Å². The Hall–Kier alpha value is -3.76. The molecule has 11 nitrogen and oxygen atoms in total. The number of benzene rings is 1. The van der Waals surface area contributed by atoms with Gasteiger partial charge in [-0.05, 0) is 32.1 Å². The van der Waals surface area contributed by atoms with E-state index in [2.05, 4.69) is 15.5 Å². The molecule has 2 aliphatic rings.